The number of hydrogen-bond acceptors (Lipinski definition) is 4. The summed E-state index contributed by atoms with van der Waals surface area (Å²) in [4.78, 5) is 8.63. The Hall–Kier alpha value is -1.90. The quantitative estimate of drug-likeness (QED) is 0.538. The van der Waals surface area contributed by atoms with Gasteiger partial charge in [-0.15, -0.1) is 0 Å². The van der Waals surface area contributed by atoms with Crippen LogP contribution in [-0.4, -0.2) is 21.7 Å². The van der Waals surface area contributed by atoms with Gasteiger partial charge in [0.15, 0.2) is 5.16 Å². The zero-order valence-electron chi connectivity index (χ0n) is 11.9. The third-order valence-electron chi connectivity index (χ3n) is 2.68. The molecule has 3 nitrogen and oxygen atoms in total. The van der Waals surface area contributed by atoms with E-state index in [9.17, 15) is 4.39 Å². The van der Waals surface area contributed by atoms with Crippen LogP contribution in [0.2, 0.25) is 0 Å². The maximum Gasteiger partial charge on any atom is 0.188 e. The Balaban J connectivity index is 2.09. The average Bonchev–Trinajstić information content (AvgIpc) is 2.43. The Morgan fingerprint density at radius 2 is 1.90 bits per heavy atom. The Morgan fingerprint density at radius 3 is 2.52 bits per heavy atom. The van der Waals surface area contributed by atoms with Crippen LogP contribution in [0, 0.1) is 31.5 Å². The van der Waals surface area contributed by atoms with Crippen molar-refractivity contribution in [2.24, 2.45) is 0 Å². The van der Waals surface area contributed by atoms with Crippen LogP contribution in [0.25, 0.3) is 0 Å². The van der Waals surface area contributed by atoms with Gasteiger partial charge in [-0.25, -0.2) is 14.4 Å². The Morgan fingerprint density at radius 1 is 1.19 bits per heavy atom. The van der Waals surface area contributed by atoms with Crippen LogP contribution in [-0.2, 0) is 5.75 Å². The summed E-state index contributed by atoms with van der Waals surface area (Å²) in [6, 6.07) is 6.72. The highest BCUT2D eigenvalue weighted by atomic mass is 32.2. The average molecular weight is 302 g/mol. The topological polar surface area (TPSA) is 46.0 Å². The second-order valence-corrected chi connectivity index (χ2v) is 5.43. The molecule has 1 aromatic carbocycles. The number of nitrogens with zero attached hydrogens (tertiary/aromatic N) is 2. The summed E-state index contributed by atoms with van der Waals surface area (Å²) in [5.41, 5.74) is 2.94. The molecule has 0 saturated carbocycles. The van der Waals surface area contributed by atoms with Gasteiger partial charge in [0, 0.05) is 22.7 Å². The molecule has 0 atom stereocenters. The number of benzene rings is 1. The lowest BCUT2D eigenvalue weighted by atomic mass is 10.1. The van der Waals surface area contributed by atoms with Crippen molar-refractivity contribution >= 4 is 11.8 Å². The maximum absolute atomic E-state index is 14.0. The lowest BCUT2D eigenvalue weighted by Gasteiger charge is -2.05. The molecule has 5 heteroatoms. The summed E-state index contributed by atoms with van der Waals surface area (Å²) in [5, 5.41) is 9.27. The minimum Gasteiger partial charge on any atom is -0.384 e. The van der Waals surface area contributed by atoms with Gasteiger partial charge in [0.05, 0.1) is 0 Å². The standard InChI is InChI=1S/C16H15FN2OS/c1-11-8-12(2)19-16(18-11)21-10-14-6-5-13(4-3-7-20)9-15(14)17/h5-6,8-9,20H,7,10H2,1-2H3. The van der Waals surface area contributed by atoms with Gasteiger partial charge < -0.3 is 5.11 Å². The van der Waals surface area contributed by atoms with E-state index in [2.05, 4.69) is 21.8 Å². The number of halogens is 1. The van der Waals surface area contributed by atoms with E-state index in [4.69, 9.17) is 5.11 Å². The number of hydrogen-bond donors (Lipinski definition) is 1. The first kappa shape index (κ1) is 15.5. The summed E-state index contributed by atoms with van der Waals surface area (Å²) in [6.45, 7) is 3.59. The SMILES string of the molecule is Cc1cc(C)nc(SCc2ccc(C#CCO)cc2F)n1. The largest absolute Gasteiger partial charge is 0.384 e. The second-order valence-electron chi connectivity index (χ2n) is 4.49. The smallest absolute Gasteiger partial charge is 0.188 e. The molecule has 0 amide bonds. The van der Waals surface area contributed by atoms with E-state index in [1.165, 1.54) is 17.8 Å². The molecular weight excluding hydrogens is 287 g/mol. The second kappa shape index (κ2) is 7.21. The normalized spacial score (nSPS) is 10.1. The van der Waals surface area contributed by atoms with Gasteiger partial charge in [0.25, 0.3) is 0 Å². The van der Waals surface area contributed by atoms with E-state index < -0.39 is 0 Å². The van der Waals surface area contributed by atoms with E-state index in [0.29, 0.717) is 22.0 Å². The zero-order valence-corrected chi connectivity index (χ0v) is 12.7. The van der Waals surface area contributed by atoms with Crippen molar-refractivity contribution in [3.05, 3.63) is 52.6 Å². The van der Waals surface area contributed by atoms with Crippen LogP contribution in [0.15, 0.2) is 29.4 Å². The molecule has 1 aromatic heterocycles. The molecule has 0 saturated heterocycles. The monoisotopic (exact) mass is 302 g/mol. The number of aryl methyl sites for hydroxylation is 2. The van der Waals surface area contributed by atoms with Gasteiger partial charge in [-0.3, -0.25) is 0 Å². The molecule has 0 bridgehead atoms. The highest BCUT2D eigenvalue weighted by molar-refractivity contribution is 7.98. The molecular formula is C16H15FN2OS. The molecule has 21 heavy (non-hydrogen) atoms. The highest BCUT2D eigenvalue weighted by Crippen LogP contribution is 2.22. The maximum atomic E-state index is 14.0. The molecule has 0 aliphatic carbocycles. The molecule has 0 spiro atoms. The lowest BCUT2D eigenvalue weighted by Crippen LogP contribution is -1.94. The highest BCUT2D eigenvalue weighted by Gasteiger charge is 2.06. The first-order chi connectivity index (χ1) is 10.1. The van der Waals surface area contributed by atoms with Gasteiger partial charge >= 0.3 is 0 Å². The molecule has 0 aliphatic rings. The minimum atomic E-state index is -0.309. The molecule has 108 valence electrons. The van der Waals surface area contributed by atoms with E-state index in [1.54, 1.807) is 12.1 Å². The number of aliphatic hydroxyl groups is 1. The Bertz CT molecular complexity index is 687. The van der Waals surface area contributed by atoms with Crippen LogP contribution < -0.4 is 0 Å². The lowest BCUT2D eigenvalue weighted by molar-refractivity contribution is 0.350. The number of thioether (sulfide) groups is 1. The predicted octanol–water partition coefficient (Wildman–Crippen LogP) is 2.87. The molecule has 2 rings (SSSR count). The first-order valence-electron chi connectivity index (χ1n) is 6.41. The van der Waals surface area contributed by atoms with Crippen molar-refractivity contribution in [2.75, 3.05) is 6.61 Å². The first-order valence-corrected chi connectivity index (χ1v) is 7.40. The van der Waals surface area contributed by atoms with Crippen LogP contribution in [0.1, 0.15) is 22.5 Å². The molecule has 0 radical (unpaired) electrons. The van der Waals surface area contributed by atoms with Gasteiger partial charge in [0.2, 0.25) is 0 Å². The number of aliphatic hydroxyl groups excluding tert-OH is 1. The van der Waals surface area contributed by atoms with Crippen LogP contribution >= 0.6 is 11.8 Å². The number of aromatic nitrogens is 2. The molecule has 0 unspecified atom stereocenters. The minimum absolute atomic E-state index is 0.233. The number of rotatable bonds is 3. The fourth-order valence-corrected chi connectivity index (χ4v) is 2.72. The third kappa shape index (κ3) is 4.55. The summed E-state index contributed by atoms with van der Waals surface area (Å²) in [6.07, 6.45) is 0. The van der Waals surface area contributed by atoms with E-state index in [1.807, 2.05) is 19.9 Å². The third-order valence-corrected chi connectivity index (χ3v) is 3.58. The zero-order chi connectivity index (χ0) is 15.2. The Kier molecular flexibility index (Phi) is 5.32. The van der Waals surface area contributed by atoms with Gasteiger partial charge in [-0.05, 0) is 37.6 Å². The fourth-order valence-electron chi connectivity index (χ4n) is 1.78. The summed E-state index contributed by atoms with van der Waals surface area (Å²) in [5.74, 6) is 5.33. The van der Waals surface area contributed by atoms with Gasteiger partial charge in [0.1, 0.15) is 12.4 Å². The molecule has 0 aliphatic heterocycles. The van der Waals surface area contributed by atoms with Crippen molar-refractivity contribution in [1.29, 1.82) is 0 Å². The van der Waals surface area contributed by atoms with Crippen LogP contribution in [0.5, 0.6) is 0 Å². The molecule has 2 aromatic rings. The van der Waals surface area contributed by atoms with Crippen LogP contribution in [0.4, 0.5) is 4.39 Å². The van der Waals surface area contributed by atoms with Crippen molar-refractivity contribution in [3.8, 4) is 11.8 Å². The van der Waals surface area contributed by atoms with Crippen molar-refractivity contribution in [3.63, 3.8) is 0 Å². The molecule has 0 fully saturated rings. The van der Waals surface area contributed by atoms with E-state index in [0.717, 1.165) is 11.4 Å². The Labute approximate surface area is 127 Å². The fraction of sp³-hybridized carbons (Fsp3) is 0.250. The summed E-state index contributed by atoms with van der Waals surface area (Å²) >= 11 is 1.40. The van der Waals surface area contributed by atoms with Gasteiger partial charge in [-0.1, -0.05) is 29.7 Å². The molecule has 1 heterocycles. The van der Waals surface area contributed by atoms with Gasteiger partial charge in [-0.2, -0.15) is 0 Å². The molecule has 1 N–H and O–H groups in total. The van der Waals surface area contributed by atoms with Crippen molar-refractivity contribution in [1.82, 2.24) is 9.97 Å². The van der Waals surface area contributed by atoms with Crippen molar-refractivity contribution < 1.29 is 9.50 Å². The predicted molar refractivity (Wildman–Crippen MR) is 81.4 cm³/mol. The summed E-state index contributed by atoms with van der Waals surface area (Å²) < 4.78 is 14.0. The van der Waals surface area contributed by atoms with Crippen LogP contribution in [0.3, 0.4) is 0 Å². The summed E-state index contributed by atoms with van der Waals surface area (Å²) in [7, 11) is 0. The van der Waals surface area contributed by atoms with E-state index >= 15 is 0 Å². The van der Waals surface area contributed by atoms with E-state index in [-0.39, 0.29) is 12.4 Å². The van der Waals surface area contributed by atoms with Crippen molar-refractivity contribution in [2.45, 2.75) is 24.8 Å².